The van der Waals surface area contributed by atoms with Crippen LogP contribution >= 0.6 is 0 Å². The number of aliphatic hydroxyl groups excluding tert-OH is 1. The quantitative estimate of drug-likeness (QED) is 0.521. The Balaban J connectivity index is 1.36. The monoisotopic (exact) mass is 496 g/mol. The highest BCUT2D eigenvalue weighted by atomic mass is 16.3. The fourth-order valence-electron chi connectivity index (χ4n) is 7.08. The Morgan fingerprint density at radius 1 is 1.16 bits per heavy atom. The molecule has 1 saturated carbocycles. The minimum atomic E-state index is -0.904. The summed E-state index contributed by atoms with van der Waals surface area (Å²) in [6, 6.07) is 17.5. The molecule has 1 aliphatic carbocycles. The second-order valence-electron chi connectivity index (χ2n) is 10.9. The SMILES string of the molecule is C[C@@H]1[C@H]2C[C@@H]([C@@]3(CCn4cc(-c5ccccc5)nn4)C(=O)Nc4ccccc43)N(C#N)C[C@@H]2CC[C@@H]1O. The number of likely N-dealkylation sites (tertiary alicyclic amines) is 1. The third-order valence-corrected chi connectivity index (χ3v) is 9.13. The molecule has 2 fully saturated rings. The first kappa shape index (κ1) is 23.7. The van der Waals surface area contributed by atoms with Gasteiger partial charge in [-0.1, -0.05) is 60.7 Å². The molecule has 3 heterocycles. The van der Waals surface area contributed by atoms with Crippen LogP contribution in [0, 0.1) is 29.2 Å². The molecule has 37 heavy (non-hydrogen) atoms. The lowest BCUT2D eigenvalue weighted by Gasteiger charge is -2.52. The van der Waals surface area contributed by atoms with Crippen LogP contribution in [0.5, 0.6) is 0 Å². The van der Waals surface area contributed by atoms with Gasteiger partial charge in [0.15, 0.2) is 6.19 Å². The number of carbonyl (C=O) groups excluding carboxylic acids is 1. The zero-order valence-electron chi connectivity index (χ0n) is 21.0. The first-order chi connectivity index (χ1) is 18.0. The van der Waals surface area contributed by atoms with Gasteiger partial charge in [0.2, 0.25) is 5.91 Å². The van der Waals surface area contributed by atoms with Crippen molar-refractivity contribution >= 4 is 11.6 Å². The Morgan fingerprint density at radius 2 is 1.95 bits per heavy atom. The van der Waals surface area contributed by atoms with E-state index < -0.39 is 5.41 Å². The normalized spacial score (nSPS) is 30.8. The van der Waals surface area contributed by atoms with E-state index in [9.17, 15) is 15.2 Å². The molecule has 0 bridgehead atoms. The maximum absolute atomic E-state index is 13.9. The maximum Gasteiger partial charge on any atom is 0.237 e. The fourth-order valence-corrected chi connectivity index (χ4v) is 7.08. The number of nitriles is 1. The predicted molar refractivity (Wildman–Crippen MR) is 139 cm³/mol. The topological polar surface area (TPSA) is 107 Å². The first-order valence-corrected chi connectivity index (χ1v) is 13.2. The van der Waals surface area contributed by atoms with Crippen LogP contribution in [0.1, 0.15) is 38.2 Å². The molecular weight excluding hydrogens is 464 g/mol. The molecule has 1 saturated heterocycles. The van der Waals surface area contributed by atoms with Crippen LogP contribution in [0.25, 0.3) is 11.3 Å². The van der Waals surface area contributed by atoms with Gasteiger partial charge in [-0.3, -0.25) is 9.48 Å². The lowest BCUT2D eigenvalue weighted by atomic mass is 9.61. The number of aromatic nitrogens is 3. The van der Waals surface area contributed by atoms with Gasteiger partial charge in [-0.05, 0) is 55.1 Å². The predicted octanol–water partition coefficient (Wildman–Crippen LogP) is 3.80. The number of nitrogens with one attached hydrogen (secondary N) is 1. The summed E-state index contributed by atoms with van der Waals surface area (Å²) in [5.41, 5.74) is 2.63. The van der Waals surface area contributed by atoms with E-state index in [2.05, 4.69) is 28.7 Å². The van der Waals surface area contributed by atoms with Crippen LogP contribution in [0.4, 0.5) is 5.69 Å². The molecule has 1 aromatic heterocycles. The van der Waals surface area contributed by atoms with E-state index >= 15 is 0 Å². The van der Waals surface area contributed by atoms with Crippen LogP contribution in [0.3, 0.4) is 0 Å². The lowest BCUT2D eigenvalue weighted by molar-refractivity contribution is -0.126. The molecule has 2 N–H and O–H groups in total. The summed E-state index contributed by atoms with van der Waals surface area (Å²) in [5, 5.41) is 32.7. The van der Waals surface area contributed by atoms with Crippen LogP contribution in [-0.2, 0) is 16.8 Å². The number of aliphatic hydroxyl groups is 1. The van der Waals surface area contributed by atoms with Crippen molar-refractivity contribution in [1.29, 1.82) is 5.26 Å². The van der Waals surface area contributed by atoms with Gasteiger partial charge in [-0.15, -0.1) is 5.10 Å². The molecule has 6 rings (SSSR count). The van der Waals surface area contributed by atoms with Crippen molar-refractivity contribution in [3.05, 3.63) is 66.4 Å². The van der Waals surface area contributed by atoms with Gasteiger partial charge in [0.25, 0.3) is 0 Å². The molecule has 8 heteroatoms. The summed E-state index contributed by atoms with van der Waals surface area (Å²) < 4.78 is 1.80. The van der Waals surface area contributed by atoms with E-state index in [1.807, 2.05) is 65.7 Å². The summed E-state index contributed by atoms with van der Waals surface area (Å²) in [7, 11) is 0. The maximum atomic E-state index is 13.9. The highest BCUT2D eigenvalue weighted by Crippen LogP contribution is 2.51. The highest BCUT2D eigenvalue weighted by molar-refractivity contribution is 6.07. The number of hydrogen-bond donors (Lipinski definition) is 2. The van der Waals surface area contributed by atoms with E-state index in [1.54, 1.807) is 4.68 Å². The molecule has 2 aromatic carbocycles. The molecule has 0 spiro atoms. The molecule has 3 aromatic rings. The number of nitrogens with zero attached hydrogens (tertiary/aromatic N) is 5. The standard InChI is InChI=1S/C29H32N6O2/c1-19-22-15-27(34(18-30)16-21(22)11-12-26(19)36)29(23-9-5-6-10-24(23)31-28(29)37)13-14-35-17-25(32-33-35)20-7-3-2-4-8-20/h2-10,17,19,21-22,26-27,36H,11-16H2,1H3,(H,31,37)/t19-,21+,22-,26+,27+,29+/m1/s1. The number of anilines is 1. The third-order valence-electron chi connectivity index (χ3n) is 9.13. The van der Waals surface area contributed by atoms with E-state index in [-0.39, 0.29) is 29.9 Å². The molecule has 1 amide bonds. The van der Waals surface area contributed by atoms with E-state index in [0.717, 1.165) is 35.3 Å². The molecule has 2 aliphatic heterocycles. The minimum absolute atomic E-state index is 0.0650. The number of benzene rings is 2. The Hall–Kier alpha value is -3.70. The Kier molecular flexibility index (Phi) is 5.96. The van der Waals surface area contributed by atoms with Crippen LogP contribution in [-0.4, -0.2) is 49.6 Å². The van der Waals surface area contributed by atoms with Crippen LogP contribution < -0.4 is 5.32 Å². The summed E-state index contributed by atoms with van der Waals surface area (Å²) in [4.78, 5) is 15.8. The van der Waals surface area contributed by atoms with E-state index in [1.165, 1.54) is 0 Å². The Labute approximate surface area is 216 Å². The summed E-state index contributed by atoms with van der Waals surface area (Å²) in [6.07, 6.45) is 6.91. The highest BCUT2D eigenvalue weighted by Gasteiger charge is 2.57. The van der Waals surface area contributed by atoms with Crippen LogP contribution in [0.2, 0.25) is 0 Å². The minimum Gasteiger partial charge on any atom is -0.393 e. The van der Waals surface area contributed by atoms with Crippen molar-refractivity contribution in [2.75, 3.05) is 11.9 Å². The second kappa shape index (κ2) is 9.31. The second-order valence-corrected chi connectivity index (χ2v) is 10.9. The number of amides is 1. The van der Waals surface area contributed by atoms with Crippen LogP contribution in [0.15, 0.2) is 60.8 Å². The molecule has 8 nitrogen and oxygen atoms in total. The van der Waals surface area contributed by atoms with Gasteiger partial charge < -0.3 is 15.3 Å². The van der Waals surface area contributed by atoms with Gasteiger partial charge in [0, 0.05) is 24.3 Å². The number of hydrogen-bond acceptors (Lipinski definition) is 6. The molecule has 190 valence electrons. The third kappa shape index (κ3) is 3.89. The Morgan fingerprint density at radius 3 is 2.76 bits per heavy atom. The average Bonchev–Trinajstić information content (AvgIpc) is 3.52. The largest absolute Gasteiger partial charge is 0.393 e. The first-order valence-electron chi connectivity index (χ1n) is 13.2. The summed E-state index contributed by atoms with van der Waals surface area (Å²) >= 11 is 0. The van der Waals surface area contributed by atoms with Crippen molar-refractivity contribution < 1.29 is 9.90 Å². The molecule has 3 aliphatic rings. The fraction of sp³-hybridized carbons (Fsp3) is 0.448. The number of fused-ring (bicyclic) bond motifs is 2. The number of aryl methyl sites for hydroxylation is 1. The summed E-state index contributed by atoms with van der Waals surface area (Å²) in [5.74, 6) is 0.703. The number of para-hydroxylation sites is 1. The van der Waals surface area contributed by atoms with Gasteiger partial charge in [0.1, 0.15) is 5.69 Å². The molecular formula is C29H32N6O2. The van der Waals surface area contributed by atoms with Crippen molar-refractivity contribution in [3.8, 4) is 17.5 Å². The number of carbonyl (C=O) groups is 1. The molecule has 0 radical (unpaired) electrons. The van der Waals surface area contributed by atoms with Crippen molar-refractivity contribution in [2.45, 2.75) is 56.7 Å². The summed E-state index contributed by atoms with van der Waals surface area (Å²) in [6.45, 7) is 3.24. The van der Waals surface area contributed by atoms with Gasteiger partial charge in [0.05, 0.1) is 23.8 Å². The van der Waals surface area contributed by atoms with Gasteiger partial charge in [-0.25, -0.2) is 0 Å². The Bertz CT molecular complexity index is 1330. The smallest absolute Gasteiger partial charge is 0.237 e. The zero-order chi connectivity index (χ0) is 25.6. The molecule has 0 unspecified atom stereocenters. The van der Waals surface area contributed by atoms with E-state index in [4.69, 9.17) is 0 Å². The van der Waals surface area contributed by atoms with Crippen molar-refractivity contribution in [1.82, 2.24) is 19.9 Å². The lowest BCUT2D eigenvalue weighted by Crippen LogP contribution is -2.60. The number of piperidine rings is 1. The molecule has 6 atom stereocenters. The van der Waals surface area contributed by atoms with Gasteiger partial charge in [-0.2, -0.15) is 5.26 Å². The van der Waals surface area contributed by atoms with Crippen molar-refractivity contribution in [3.63, 3.8) is 0 Å². The number of rotatable bonds is 5. The zero-order valence-corrected chi connectivity index (χ0v) is 21.0. The van der Waals surface area contributed by atoms with Gasteiger partial charge >= 0.3 is 0 Å². The van der Waals surface area contributed by atoms with E-state index in [0.29, 0.717) is 31.8 Å². The average molecular weight is 497 g/mol. The van der Waals surface area contributed by atoms with Crippen molar-refractivity contribution in [2.24, 2.45) is 17.8 Å².